The molecule has 21 heavy (non-hydrogen) atoms. The van der Waals surface area contributed by atoms with Crippen molar-refractivity contribution in [3.05, 3.63) is 56.7 Å². The van der Waals surface area contributed by atoms with Crippen LogP contribution in [-0.4, -0.2) is 20.1 Å². The lowest BCUT2D eigenvalue weighted by molar-refractivity contribution is -0.122. The number of amides is 1. The number of furan rings is 1. The average Bonchev–Trinajstić information content (AvgIpc) is 2.99. The Morgan fingerprint density at radius 1 is 1.43 bits per heavy atom. The van der Waals surface area contributed by atoms with Crippen LogP contribution in [0.25, 0.3) is 6.08 Å². The molecule has 106 valence electrons. The molecule has 1 saturated heterocycles. The highest BCUT2D eigenvalue weighted by molar-refractivity contribution is 14.1. The minimum atomic E-state index is -0.0970. The van der Waals surface area contributed by atoms with E-state index in [2.05, 4.69) is 27.6 Å². The number of hydrogen-bond acceptors (Lipinski definition) is 5. The number of rotatable bonds is 3. The van der Waals surface area contributed by atoms with Crippen LogP contribution in [0.15, 0.2) is 46.0 Å². The fraction of sp³-hybridized carbons (Fsp3) is 0.0714. The Morgan fingerprint density at radius 2 is 2.29 bits per heavy atom. The van der Waals surface area contributed by atoms with Gasteiger partial charge in [0.2, 0.25) is 0 Å². The van der Waals surface area contributed by atoms with Crippen molar-refractivity contribution in [3.63, 3.8) is 0 Å². The summed E-state index contributed by atoms with van der Waals surface area (Å²) in [6, 6.07) is 7.44. The van der Waals surface area contributed by atoms with Crippen LogP contribution >= 0.6 is 46.6 Å². The molecule has 1 amide bonds. The van der Waals surface area contributed by atoms with E-state index in [4.69, 9.17) is 16.6 Å². The first-order chi connectivity index (χ1) is 10.1. The fourth-order valence-electron chi connectivity index (χ4n) is 1.85. The Kier molecular flexibility index (Phi) is 4.41. The molecule has 2 aromatic heterocycles. The zero-order valence-corrected chi connectivity index (χ0v) is 14.4. The van der Waals surface area contributed by atoms with Crippen LogP contribution in [-0.2, 0) is 11.3 Å². The second-order valence-corrected chi connectivity index (χ2v) is 7.01. The molecule has 0 aliphatic carbocycles. The number of thioether (sulfide) groups is 1. The van der Waals surface area contributed by atoms with Gasteiger partial charge < -0.3 is 4.42 Å². The Bertz CT molecular complexity index is 728. The summed E-state index contributed by atoms with van der Waals surface area (Å²) in [7, 11) is 0. The summed E-state index contributed by atoms with van der Waals surface area (Å²) in [6.07, 6.45) is 5.16. The lowest BCUT2D eigenvalue weighted by Gasteiger charge is -2.13. The van der Waals surface area contributed by atoms with E-state index in [1.807, 2.05) is 24.3 Å². The fourth-order valence-corrected chi connectivity index (χ4v) is 3.51. The predicted octanol–water partition coefficient (Wildman–Crippen LogP) is 3.68. The first-order valence-electron chi connectivity index (χ1n) is 6.03. The molecule has 0 saturated carbocycles. The molecule has 3 rings (SSSR count). The lowest BCUT2D eigenvalue weighted by Crippen LogP contribution is -2.27. The van der Waals surface area contributed by atoms with Gasteiger partial charge in [0.1, 0.15) is 10.1 Å². The van der Waals surface area contributed by atoms with E-state index in [0.717, 1.165) is 9.33 Å². The Balaban J connectivity index is 1.81. The van der Waals surface area contributed by atoms with Gasteiger partial charge in [-0.2, -0.15) is 0 Å². The van der Waals surface area contributed by atoms with Crippen molar-refractivity contribution >= 4 is 62.9 Å². The molecule has 0 radical (unpaired) electrons. The first kappa shape index (κ1) is 14.7. The van der Waals surface area contributed by atoms with E-state index in [9.17, 15) is 4.79 Å². The number of thiocarbonyl (C=S) groups is 1. The Hall–Kier alpha value is -1.19. The molecule has 1 fully saturated rings. The molecule has 1 aliphatic heterocycles. The zero-order valence-electron chi connectivity index (χ0n) is 10.7. The van der Waals surface area contributed by atoms with Crippen LogP contribution in [0.4, 0.5) is 0 Å². The van der Waals surface area contributed by atoms with Gasteiger partial charge in [-0.15, -0.1) is 0 Å². The van der Waals surface area contributed by atoms with E-state index >= 15 is 0 Å². The molecule has 3 heterocycles. The number of hydrogen-bond donors (Lipinski definition) is 0. The molecule has 0 N–H and O–H groups in total. The van der Waals surface area contributed by atoms with Gasteiger partial charge in [-0.25, -0.2) is 0 Å². The number of pyridine rings is 1. The second-order valence-electron chi connectivity index (χ2n) is 4.27. The standard InChI is InChI=1S/C14H9IN2O2S2/c15-12-4-3-10(19-12)6-11-13(18)17(14(20)21-11)8-9-2-1-5-16-7-9/h1-7H,8H2. The van der Waals surface area contributed by atoms with Gasteiger partial charge in [-0.05, 0) is 46.4 Å². The van der Waals surface area contributed by atoms with Crippen molar-refractivity contribution in [3.8, 4) is 0 Å². The Labute approximate surface area is 144 Å². The maximum Gasteiger partial charge on any atom is 0.266 e. The molecule has 0 spiro atoms. The third kappa shape index (κ3) is 3.35. The number of nitrogens with zero attached hydrogens (tertiary/aromatic N) is 2. The molecule has 7 heteroatoms. The first-order valence-corrected chi connectivity index (χ1v) is 8.33. The van der Waals surface area contributed by atoms with Crippen LogP contribution in [0, 0.1) is 3.77 Å². The predicted molar refractivity (Wildman–Crippen MR) is 94.4 cm³/mol. The van der Waals surface area contributed by atoms with Crippen molar-refractivity contribution < 1.29 is 9.21 Å². The van der Waals surface area contributed by atoms with Crippen molar-refractivity contribution in [2.24, 2.45) is 0 Å². The van der Waals surface area contributed by atoms with E-state index in [0.29, 0.717) is 21.5 Å². The molecule has 0 bridgehead atoms. The maximum atomic E-state index is 12.4. The van der Waals surface area contributed by atoms with E-state index in [1.54, 1.807) is 23.4 Å². The van der Waals surface area contributed by atoms with Crippen LogP contribution in [0.2, 0.25) is 0 Å². The largest absolute Gasteiger partial charge is 0.451 e. The van der Waals surface area contributed by atoms with Crippen molar-refractivity contribution in [2.45, 2.75) is 6.54 Å². The summed E-state index contributed by atoms with van der Waals surface area (Å²) in [6.45, 7) is 0.436. The number of aromatic nitrogens is 1. The van der Waals surface area contributed by atoms with Crippen LogP contribution in [0.1, 0.15) is 11.3 Å². The summed E-state index contributed by atoms with van der Waals surface area (Å²) in [5.74, 6) is 0.557. The number of carbonyl (C=O) groups excluding carboxylic acids is 1. The van der Waals surface area contributed by atoms with Crippen molar-refractivity contribution in [2.75, 3.05) is 0 Å². The highest BCUT2D eigenvalue weighted by Crippen LogP contribution is 2.33. The lowest BCUT2D eigenvalue weighted by atomic mass is 10.2. The zero-order chi connectivity index (χ0) is 14.8. The van der Waals surface area contributed by atoms with Crippen LogP contribution in [0.5, 0.6) is 0 Å². The van der Waals surface area contributed by atoms with E-state index in [-0.39, 0.29) is 5.91 Å². The number of carbonyl (C=O) groups is 1. The molecule has 1 aliphatic rings. The summed E-state index contributed by atoms with van der Waals surface area (Å²) in [5.41, 5.74) is 0.947. The van der Waals surface area contributed by atoms with Gasteiger partial charge in [0.05, 0.1) is 11.4 Å². The Morgan fingerprint density at radius 3 is 2.95 bits per heavy atom. The van der Waals surface area contributed by atoms with Gasteiger partial charge in [-0.1, -0.05) is 30.0 Å². The normalized spacial score (nSPS) is 17.0. The quantitative estimate of drug-likeness (QED) is 0.424. The molecule has 0 aromatic carbocycles. The summed E-state index contributed by atoms with van der Waals surface area (Å²) in [5, 5.41) is 0. The minimum absolute atomic E-state index is 0.0970. The van der Waals surface area contributed by atoms with Crippen molar-refractivity contribution in [1.82, 2.24) is 9.88 Å². The molecule has 4 nitrogen and oxygen atoms in total. The van der Waals surface area contributed by atoms with Gasteiger partial charge >= 0.3 is 0 Å². The van der Waals surface area contributed by atoms with E-state index < -0.39 is 0 Å². The second kappa shape index (κ2) is 6.29. The molecule has 0 unspecified atom stereocenters. The van der Waals surface area contributed by atoms with Crippen LogP contribution < -0.4 is 0 Å². The molecular weight excluding hydrogens is 419 g/mol. The highest BCUT2D eigenvalue weighted by atomic mass is 127. The third-order valence-corrected chi connectivity index (χ3v) is 4.76. The smallest absolute Gasteiger partial charge is 0.266 e. The SMILES string of the molecule is O=C1C(=Cc2ccc(I)o2)SC(=S)N1Cc1cccnc1. The van der Waals surface area contributed by atoms with E-state index in [1.165, 1.54) is 11.8 Å². The summed E-state index contributed by atoms with van der Waals surface area (Å²) in [4.78, 5) is 18.6. The third-order valence-electron chi connectivity index (χ3n) is 2.80. The highest BCUT2D eigenvalue weighted by Gasteiger charge is 2.32. The monoisotopic (exact) mass is 428 g/mol. The molecule has 0 atom stereocenters. The van der Waals surface area contributed by atoms with Gasteiger partial charge in [0.15, 0.2) is 3.77 Å². The molecular formula is C14H9IN2O2S2. The van der Waals surface area contributed by atoms with Gasteiger partial charge in [0, 0.05) is 18.5 Å². The van der Waals surface area contributed by atoms with Crippen molar-refractivity contribution in [1.29, 1.82) is 0 Å². The topological polar surface area (TPSA) is 46.3 Å². The van der Waals surface area contributed by atoms with Crippen LogP contribution in [0.3, 0.4) is 0 Å². The molecule has 2 aromatic rings. The maximum absolute atomic E-state index is 12.4. The minimum Gasteiger partial charge on any atom is -0.451 e. The van der Waals surface area contributed by atoms with Gasteiger partial charge in [-0.3, -0.25) is 14.7 Å². The average molecular weight is 428 g/mol. The van der Waals surface area contributed by atoms with Gasteiger partial charge in [0.25, 0.3) is 5.91 Å². The summed E-state index contributed by atoms with van der Waals surface area (Å²) >= 11 is 8.67. The summed E-state index contributed by atoms with van der Waals surface area (Å²) < 4.78 is 6.79. The number of halogens is 1.